The van der Waals surface area contributed by atoms with E-state index in [-0.39, 0.29) is 18.4 Å². The van der Waals surface area contributed by atoms with E-state index in [1.165, 1.54) is 4.90 Å². The maximum atomic E-state index is 12.6. The third-order valence-corrected chi connectivity index (χ3v) is 3.16. The Balaban J connectivity index is 2.02. The Morgan fingerprint density at radius 3 is 2.90 bits per heavy atom. The summed E-state index contributed by atoms with van der Waals surface area (Å²) in [5, 5.41) is 2.76. The van der Waals surface area contributed by atoms with Crippen molar-refractivity contribution in [1.82, 2.24) is 4.98 Å². The molecule has 5 nitrogen and oxygen atoms in total. The number of hydrogen-bond acceptors (Lipinski definition) is 3. The SMILES string of the molecule is Cc1cc(C(=O)N2CC(=O)Nc3ccccc32)ccn1. The van der Waals surface area contributed by atoms with E-state index in [1.807, 2.05) is 25.1 Å². The van der Waals surface area contributed by atoms with Crippen molar-refractivity contribution in [3.8, 4) is 0 Å². The summed E-state index contributed by atoms with van der Waals surface area (Å²) < 4.78 is 0. The van der Waals surface area contributed by atoms with Crippen LogP contribution in [0.15, 0.2) is 42.6 Å². The lowest BCUT2D eigenvalue weighted by molar-refractivity contribution is -0.115. The normalized spacial score (nSPS) is 13.7. The molecule has 1 aliphatic rings. The standard InChI is InChI=1S/C15H13N3O2/c1-10-8-11(6-7-16-10)15(20)18-9-14(19)17-12-4-2-3-5-13(12)18/h2-8H,9H2,1H3,(H,17,19). The van der Waals surface area contributed by atoms with Gasteiger partial charge >= 0.3 is 0 Å². The number of pyridine rings is 1. The molecule has 20 heavy (non-hydrogen) atoms. The van der Waals surface area contributed by atoms with Crippen LogP contribution in [-0.4, -0.2) is 23.3 Å². The van der Waals surface area contributed by atoms with E-state index in [0.29, 0.717) is 16.9 Å². The van der Waals surface area contributed by atoms with Gasteiger partial charge < -0.3 is 5.32 Å². The molecule has 0 saturated carbocycles. The van der Waals surface area contributed by atoms with Gasteiger partial charge in [-0.15, -0.1) is 0 Å². The molecule has 2 aromatic rings. The molecule has 0 bridgehead atoms. The fourth-order valence-corrected chi connectivity index (χ4v) is 2.25. The monoisotopic (exact) mass is 267 g/mol. The molecule has 0 saturated heterocycles. The number of hydrogen-bond donors (Lipinski definition) is 1. The van der Waals surface area contributed by atoms with Crippen LogP contribution < -0.4 is 10.2 Å². The fourth-order valence-electron chi connectivity index (χ4n) is 2.25. The molecule has 0 fully saturated rings. The lowest BCUT2D eigenvalue weighted by Crippen LogP contribution is -2.42. The van der Waals surface area contributed by atoms with Gasteiger partial charge in [-0.2, -0.15) is 0 Å². The van der Waals surface area contributed by atoms with E-state index >= 15 is 0 Å². The number of aryl methyl sites for hydroxylation is 1. The van der Waals surface area contributed by atoms with E-state index in [9.17, 15) is 9.59 Å². The van der Waals surface area contributed by atoms with Crippen molar-refractivity contribution in [2.75, 3.05) is 16.8 Å². The minimum Gasteiger partial charge on any atom is -0.323 e. The predicted octanol–water partition coefficient (Wildman–Crippen LogP) is 1.99. The largest absolute Gasteiger partial charge is 0.323 e. The second-order valence-electron chi connectivity index (χ2n) is 4.64. The van der Waals surface area contributed by atoms with Crippen molar-refractivity contribution in [1.29, 1.82) is 0 Å². The highest BCUT2D eigenvalue weighted by molar-refractivity contribution is 6.15. The number of nitrogens with one attached hydrogen (secondary N) is 1. The second-order valence-corrected chi connectivity index (χ2v) is 4.64. The van der Waals surface area contributed by atoms with E-state index in [4.69, 9.17) is 0 Å². The molecule has 5 heteroatoms. The number of nitrogens with zero attached hydrogens (tertiary/aromatic N) is 2. The molecule has 100 valence electrons. The van der Waals surface area contributed by atoms with Gasteiger partial charge in [-0.1, -0.05) is 12.1 Å². The van der Waals surface area contributed by atoms with Gasteiger partial charge in [0.05, 0.1) is 11.4 Å². The summed E-state index contributed by atoms with van der Waals surface area (Å²) in [6.07, 6.45) is 1.60. The maximum Gasteiger partial charge on any atom is 0.258 e. The number of amides is 2. The van der Waals surface area contributed by atoms with Gasteiger partial charge in [-0.25, -0.2) is 0 Å². The number of fused-ring (bicyclic) bond motifs is 1. The first-order valence-corrected chi connectivity index (χ1v) is 6.28. The lowest BCUT2D eigenvalue weighted by atomic mass is 10.1. The summed E-state index contributed by atoms with van der Waals surface area (Å²) in [7, 11) is 0. The fraction of sp³-hybridized carbons (Fsp3) is 0.133. The van der Waals surface area contributed by atoms with Crippen LogP contribution >= 0.6 is 0 Å². The first-order chi connectivity index (χ1) is 9.65. The predicted molar refractivity (Wildman–Crippen MR) is 75.7 cm³/mol. The molecular weight excluding hydrogens is 254 g/mol. The average Bonchev–Trinajstić information content (AvgIpc) is 2.45. The molecule has 3 rings (SSSR count). The van der Waals surface area contributed by atoms with Crippen molar-refractivity contribution in [3.63, 3.8) is 0 Å². The topological polar surface area (TPSA) is 62.3 Å². The van der Waals surface area contributed by atoms with Crippen molar-refractivity contribution in [2.45, 2.75) is 6.92 Å². The molecule has 0 radical (unpaired) electrons. The van der Waals surface area contributed by atoms with Crippen LogP contribution in [0.25, 0.3) is 0 Å². The zero-order valence-corrected chi connectivity index (χ0v) is 11.0. The molecule has 1 aliphatic heterocycles. The first kappa shape index (κ1) is 12.3. The summed E-state index contributed by atoms with van der Waals surface area (Å²) >= 11 is 0. The van der Waals surface area contributed by atoms with Crippen molar-refractivity contribution < 1.29 is 9.59 Å². The minimum absolute atomic E-state index is 0.0250. The Morgan fingerprint density at radius 1 is 1.30 bits per heavy atom. The highest BCUT2D eigenvalue weighted by Gasteiger charge is 2.27. The molecule has 0 aliphatic carbocycles. The Hall–Kier alpha value is -2.69. The molecule has 2 heterocycles. The zero-order chi connectivity index (χ0) is 14.1. The number of carbonyl (C=O) groups is 2. The average molecular weight is 267 g/mol. The van der Waals surface area contributed by atoms with Crippen LogP contribution in [0.1, 0.15) is 16.1 Å². The number of aromatic nitrogens is 1. The van der Waals surface area contributed by atoms with E-state index < -0.39 is 0 Å². The Kier molecular flexibility index (Phi) is 2.95. The lowest BCUT2D eigenvalue weighted by Gasteiger charge is -2.29. The van der Waals surface area contributed by atoms with E-state index in [0.717, 1.165) is 5.69 Å². The quantitative estimate of drug-likeness (QED) is 0.859. The third-order valence-electron chi connectivity index (χ3n) is 3.16. The summed E-state index contributed by atoms with van der Waals surface area (Å²) in [6.45, 7) is 1.85. The third kappa shape index (κ3) is 2.14. The van der Waals surface area contributed by atoms with E-state index in [2.05, 4.69) is 10.3 Å². The Bertz CT molecular complexity index is 697. The summed E-state index contributed by atoms with van der Waals surface area (Å²) in [5.41, 5.74) is 2.67. The van der Waals surface area contributed by atoms with Gasteiger partial charge in [0.1, 0.15) is 6.54 Å². The molecule has 1 aromatic carbocycles. The van der Waals surface area contributed by atoms with Crippen LogP contribution in [0.5, 0.6) is 0 Å². The highest BCUT2D eigenvalue weighted by atomic mass is 16.2. The van der Waals surface area contributed by atoms with Gasteiger partial charge in [-0.3, -0.25) is 19.5 Å². The molecular formula is C15H13N3O2. The van der Waals surface area contributed by atoms with Gasteiger partial charge in [0.2, 0.25) is 5.91 Å². The number of carbonyl (C=O) groups excluding carboxylic acids is 2. The number of benzene rings is 1. The Morgan fingerprint density at radius 2 is 2.10 bits per heavy atom. The van der Waals surface area contributed by atoms with Gasteiger partial charge in [0.25, 0.3) is 5.91 Å². The first-order valence-electron chi connectivity index (χ1n) is 6.28. The summed E-state index contributed by atoms with van der Waals surface area (Å²) in [4.78, 5) is 29.9. The zero-order valence-electron chi connectivity index (χ0n) is 11.0. The summed E-state index contributed by atoms with van der Waals surface area (Å²) in [6, 6.07) is 10.6. The molecule has 0 unspecified atom stereocenters. The molecule has 2 amide bonds. The smallest absolute Gasteiger partial charge is 0.258 e. The van der Waals surface area contributed by atoms with Gasteiger partial charge in [-0.05, 0) is 31.2 Å². The molecule has 1 N–H and O–H groups in total. The van der Waals surface area contributed by atoms with Crippen molar-refractivity contribution in [3.05, 3.63) is 53.9 Å². The van der Waals surface area contributed by atoms with E-state index in [1.54, 1.807) is 24.4 Å². The van der Waals surface area contributed by atoms with Crippen LogP contribution in [0.4, 0.5) is 11.4 Å². The highest BCUT2D eigenvalue weighted by Crippen LogP contribution is 2.29. The minimum atomic E-state index is -0.196. The second kappa shape index (κ2) is 4.77. The van der Waals surface area contributed by atoms with Crippen LogP contribution in [0.3, 0.4) is 0 Å². The Labute approximate surface area is 116 Å². The molecule has 0 atom stereocenters. The number of anilines is 2. The van der Waals surface area contributed by atoms with Gasteiger partial charge in [0, 0.05) is 17.5 Å². The van der Waals surface area contributed by atoms with Crippen molar-refractivity contribution in [2.24, 2.45) is 0 Å². The number of rotatable bonds is 1. The number of para-hydroxylation sites is 2. The summed E-state index contributed by atoms with van der Waals surface area (Å²) in [5.74, 6) is -0.388. The van der Waals surface area contributed by atoms with Crippen LogP contribution in [-0.2, 0) is 4.79 Å². The van der Waals surface area contributed by atoms with Gasteiger partial charge in [0.15, 0.2) is 0 Å². The molecule has 1 aromatic heterocycles. The maximum absolute atomic E-state index is 12.6. The van der Waals surface area contributed by atoms with Crippen LogP contribution in [0, 0.1) is 6.92 Å². The van der Waals surface area contributed by atoms with Crippen LogP contribution in [0.2, 0.25) is 0 Å². The van der Waals surface area contributed by atoms with Crippen molar-refractivity contribution >= 4 is 23.2 Å². The molecule has 0 spiro atoms.